The summed E-state index contributed by atoms with van der Waals surface area (Å²) in [6.07, 6.45) is 0. The maximum Gasteiger partial charge on any atom is 0.252 e. The summed E-state index contributed by atoms with van der Waals surface area (Å²) in [5.74, 6) is 0. The lowest BCUT2D eigenvalue weighted by molar-refractivity contribution is 0.590. The van der Waals surface area contributed by atoms with E-state index in [2.05, 4.69) is 352 Å². The van der Waals surface area contributed by atoms with Gasteiger partial charge in [-0.05, 0) is 157 Å². The fourth-order valence-corrected chi connectivity index (χ4v) is 15.6. The van der Waals surface area contributed by atoms with Crippen molar-refractivity contribution in [2.75, 3.05) is 9.80 Å². The fraction of sp³-hybridized carbons (Fsp3) is 0.0870. The Kier molecular flexibility index (Phi) is 12.2. The van der Waals surface area contributed by atoms with Gasteiger partial charge in [0.1, 0.15) is 0 Å². The third kappa shape index (κ3) is 9.42. The van der Waals surface area contributed by atoms with E-state index < -0.39 is 24.8 Å². The van der Waals surface area contributed by atoms with Gasteiger partial charge in [-0.15, -0.1) is 0 Å². The number of fused-ring (bicyclic) bond motifs is 10. The minimum absolute atomic E-state index is 0.107. The van der Waals surface area contributed by atoms with E-state index in [1.165, 1.54) is 0 Å². The molecule has 5 heteroatoms. The molecule has 0 N–H and O–H groups in total. The van der Waals surface area contributed by atoms with Crippen LogP contribution in [0, 0.1) is 0 Å². The first kappa shape index (κ1) is 52.7. The van der Waals surface area contributed by atoms with Crippen molar-refractivity contribution in [3.8, 4) is 67.0 Å². The Morgan fingerprint density at radius 1 is 0.289 bits per heavy atom. The Morgan fingerprint density at radius 3 is 0.918 bits per heavy atom. The van der Waals surface area contributed by atoms with Crippen LogP contribution in [0.15, 0.2) is 321 Å². The molecule has 0 spiro atoms. The minimum Gasteiger partial charge on any atom is -0.310 e. The molecule has 2 aliphatic heterocycles. The molecule has 462 valence electrons. The van der Waals surface area contributed by atoms with E-state index in [4.69, 9.17) is 1.37 Å². The van der Waals surface area contributed by atoms with Gasteiger partial charge in [-0.3, -0.25) is 0 Å². The van der Waals surface area contributed by atoms with E-state index in [0.29, 0.717) is 5.56 Å². The maximum atomic E-state index is 10.1. The molecule has 0 saturated carbocycles. The van der Waals surface area contributed by atoms with E-state index in [1.54, 1.807) is 0 Å². The van der Waals surface area contributed by atoms with Crippen LogP contribution in [-0.4, -0.2) is 15.8 Å². The number of anilines is 6. The average Bonchev–Trinajstić information content (AvgIpc) is 0.796. The van der Waals surface area contributed by atoms with Gasteiger partial charge in [-0.2, -0.15) is 0 Å². The molecule has 4 nitrogen and oxygen atoms in total. The Balaban J connectivity index is 1.07. The van der Waals surface area contributed by atoms with Gasteiger partial charge in [0, 0.05) is 77.9 Å². The molecule has 16 aromatic rings. The number of para-hydroxylation sites is 4. The second-order valence-corrected chi connectivity index (χ2v) is 28.1. The second kappa shape index (κ2) is 22.5. The fourth-order valence-electron chi connectivity index (χ4n) is 15.6. The molecule has 2 aliphatic rings. The number of hydrogen-bond donors (Lipinski definition) is 0. The lowest BCUT2D eigenvalue weighted by Gasteiger charge is -2.46. The molecule has 0 saturated heterocycles. The monoisotopic (exact) mass is 1250 g/mol. The summed E-state index contributed by atoms with van der Waals surface area (Å²) >= 11 is 0. The highest BCUT2D eigenvalue weighted by atomic mass is 15.2. The zero-order valence-corrected chi connectivity index (χ0v) is 55.1. The van der Waals surface area contributed by atoms with Crippen LogP contribution >= 0.6 is 0 Å². The van der Waals surface area contributed by atoms with Crippen LogP contribution < -0.4 is 26.2 Å². The number of aromatic nitrogens is 2. The second-order valence-electron chi connectivity index (χ2n) is 28.1. The molecule has 0 aliphatic carbocycles. The quantitative estimate of drug-likeness (QED) is 0.134. The Labute approximate surface area is 575 Å². The number of benzene rings is 14. The molecule has 18 rings (SSSR count). The minimum atomic E-state index is -0.454. The van der Waals surface area contributed by atoms with Crippen molar-refractivity contribution in [1.29, 1.82) is 0 Å². The van der Waals surface area contributed by atoms with Crippen LogP contribution in [-0.2, 0) is 10.8 Å². The third-order valence-corrected chi connectivity index (χ3v) is 20.2. The topological polar surface area (TPSA) is 16.3 Å². The van der Waals surface area contributed by atoms with Crippen molar-refractivity contribution in [2.24, 2.45) is 0 Å². The predicted molar refractivity (Wildman–Crippen MR) is 414 cm³/mol. The molecule has 0 atom stereocenters. The summed E-state index contributed by atoms with van der Waals surface area (Å²) in [6.45, 7) is 13.2. The smallest absolute Gasteiger partial charge is 0.252 e. The summed E-state index contributed by atoms with van der Waals surface area (Å²) in [6, 6.07) is 104. The van der Waals surface area contributed by atoms with E-state index in [1.807, 2.05) is 0 Å². The van der Waals surface area contributed by atoms with Crippen molar-refractivity contribution in [2.45, 2.75) is 52.4 Å². The highest BCUT2D eigenvalue weighted by Gasteiger charge is 2.46. The lowest BCUT2D eigenvalue weighted by atomic mass is 9.33. The van der Waals surface area contributed by atoms with Gasteiger partial charge in [0.2, 0.25) is 0 Å². The Bertz CT molecular complexity index is 5520. The van der Waals surface area contributed by atoms with Gasteiger partial charge in [0.15, 0.2) is 0 Å². The highest BCUT2D eigenvalue weighted by Crippen LogP contribution is 2.56. The Hall–Kier alpha value is -11.7. The number of rotatable bonds is 9. The van der Waals surface area contributed by atoms with Crippen LogP contribution in [0.4, 0.5) is 34.1 Å². The van der Waals surface area contributed by atoms with Crippen molar-refractivity contribution >= 4 is 101 Å². The van der Waals surface area contributed by atoms with Gasteiger partial charge in [-0.1, -0.05) is 278 Å². The van der Waals surface area contributed by atoms with E-state index in [9.17, 15) is 5.48 Å². The lowest BCUT2D eigenvalue weighted by Crippen LogP contribution is -2.61. The van der Waals surface area contributed by atoms with Crippen LogP contribution in [0.1, 0.15) is 59.5 Å². The largest absolute Gasteiger partial charge is 0.310 e. The first-order valence-corrected chi connectivity index (χ1v) is 33.7. The normalized spacial score (nSPS) is 13.5. The summed E-state index contributed by atoms with van der Waals surface area (Å²) in [5.41, 5.74) is 25.2. The molecule has 97 heavy (non-hydrogen) atoms. The van der Waals surface area contributed by atoms with Crippen LogP contribution in [0.3, 0.4) is 0 Å². The first-order valence-electron chi connectivity index (χ1n) is 36.2. The van der Waals surface area contributed by atoms with E-state index in [-0.39, 0.29) is 28.5 Å². The first-order chi connectivity index (χ1) is 49.5. The Morgan fingerprint density at radius 2 is 0.598 bits per heavy atom. The van der Waals surface area contributed by atoms with Gasteiger partial charge >= 0.3 is 0 Å². The molecule has 0 unspecified atom stereocenters. The summed E-state index contributed by atoms with van der Waals surface area (Å²) in [7, 11) is 0. The summed E-state index contributed by atoms with van der Waals surface area (Å²) in [4.78, 5) is 4.99. The number of nitrogens with zero attached hydrogens (tertiary/aromatic N) is 4. The zero-order valence-electron chi connectivity index (χ0n) is 60.1. The standard InChI is InChI=1S/C92H71BN4/c1-91(2,3)66-54-74(61-32-14-8-15-33-61)89(75(55-66)62-34-16-9-17-35-62)96-84-58-68(94-80-44-26-22-40-70(80)71-41-23-27-45-81(71)94)48-50-78(84)93-79-51-49-69(95-82-46-28-24-42-72(82)73-43-25-29-47-83(73)95)59-85(79)97(87-53-65(52-86(96)88(87)93)60-30-12-7-13-31-60)90-76(63-36-18-10-19-37-63)56-67(92(4,5)6)57-77(90)64-38-20-11-21-39-64/h7-59H,1-6H3/i7D,12D,13D,30D,31D. The molecule has 0 bridgehead atoms. The number of hydrogen-bond acceptors (Lipinski definition) is 2. The van der Waals surface area contributed by atoms with Gasteiger partial charge in [-0.25, -0.2) is 0 Å². The molecular weight excluding hydrogens is 1170 g/mol. The summed E-state index contributed by atoms with van der Waals surface area (Å²) < 4.78 is 53.0. The third-order valence-electron chi connectivity index (χ3n) is 20.2. The maximum absolute atomic E-state index is 10.1. The highest BCUT2D eigenvalue weighted by molar-refractivity contribution is 7.00. The molecular formula is C92H71BN4. The molecule has 4 heterocycles. The van der Waals surface area contributed by atoms with Crippen LogP contribution in [0.25, 0.3) is 111 Å². The van der Waals surface area contributed by atoms with Crippen molar-refractivity contribution < 1.29 is 6.85 Å². The van der Waals surface area contributed by atoms with E-state index in [0.717, 1.165) is 161 Å². The predicted octanol–water partition coefficient (Wildman–Crippen LogP) is 22.9. The van der Waals surface area contributed by atoms with Crippen molar-refractivity contribution in [3.63, 3.8) is 0 Å². The molecule has 0 radical (unpaired) electrons. The van der Waals surface area contributed by atoms with E-state index >= 15 is 0 Å². The van der Waals surface area contributed by atoms with Crippen LogP contribution in [0.2, 0.25) is 0 Å². The van der Waals surface area contributed by atoms with Gasteiger partial charge in [0.05, 0.1) is 40.3 Å². The molecule has 2 aromatic heterocycles. The van der Waals surface area contributed by atoms with Crippen molar-refractivity contribution in [3.05, 3.63) is 333 Å². The van der Waals surface area contributed by atoms with Crippen LogP contribution in [0.5, 0.6) is 0 Å². The van der Waals surface area contributed by atoms with Crippen molar-refractivity contribution in [1.82, 2.24) is 9.13 Å². The van der Waals surface area contributed by atoms with Gasteiger partial charge < -0.3 is 18.9 Å². The average molecular weight is 1250 g/mol. The molecule has 0 amide bonds. The molecule has 0 fully saturated rings. The molecule has 14 aromatic carbocycles. The SMILES string of the molecule is [2H]c1c([2H])c([2H])c(-c2cc3c4c(c2)N(c2c(-c5ccccc5)cc(C(C)(C)C)cc2-c2ccccc2)c2cc(-n5c6ccccc6c6ccccc65)ccc2B4c2ccc(-n4c5ccccc5c5ccccc54)cc2N3c2c(-c3ccccc3)cc(C(C)(C)C)cc2-c2ccccc2)c([2H])c1[2H]. The zero-order chi connectivity index (χ0) is 69.6. The summed E-state index contributed by atoms with van der Waals surface area (Å²) in [5, 5.41) is 4.60. The van der Waals surface area contributed by atoms with Gasteiger partial charge in [0.25, 0.3) is 6.71 Å².